The first-order chi connectivity index (χ1) is 14.7. The van der Waals surface area contributed by atoms with Crippen LogP contribution in [0.4, 0.5) is 0 Å². The Morgan fingerprint density at radius 1 is 1.19 bits per heavy atom. The minimum atomic E-state index is -2.07. The van der Waals surface area contributed by atoms with Crippen LogP contribution in [0.5, 0.6) is 0 Å². The largest absolute Gasteiger partial charge is 0.469 e. The highest BCUT2D eigenvalue weighted by Gasteiger charge is 2.74. The van der Waals surface area contributed by atoms with E-state index in [0.717, 1.165) is 6.08 Å². The molecule has 0 radical (unpaired) electrons. The van der Waals surface area contributed by atoms with Gasteiger partial charge in [-0.15, -0.1) is 0 Å². The molecule has 0 aromatic carbocycles. The first-order valence-electron chi connectivity index (χ1n) is 11.0. The van der Waals surface area contributed by atoms with E-state index in [2.05, 4.69) is 0 Å². The SMILES string of the molecule is COC(=O)[C@@H]1C2=CC(=O)O[C@]2(O)C[C@H]2[C@H]1[C@@H](O)C[C@@]1(O)C(C)(C)CC[C@H](OC(C)=O)[C@]21C. The van der Waals surface area contributed by atoms with Crippen LogP contribution in [0.15, 0.2) is 11.6 Å². The van der Waals surface area contributed by atoms with Gasteiger partial charge in [-0.2, -0.15) is 0 Å². The predicted octanol–water partition coefficient (Wildman–Crippen LogP) is 0.837. The monoisotopic (exact) mass is 452 g/mol. The highest BCUT2D eigenvalue weighted by molar-refractivity contribution is 5.90. The van der Waals surface area contributed by atoms with Gasteiger partial charge in [-0.05, 0) is 24.2 Å². The maximum Gasteiger partial charge on any atom is 0.333 e. The molecular weight excluding hydrogens is 420 g/mol. The fourth-order valence-corrected chi connectivity index (χ4v) is 7.23. The van der Waals surface area contributed by atoms with Crippen LogP contribution in [0.3, 0.4) is 0 Å². The molecular formula is C23H32O9. The molecule has 0 amide bonds. The Morgan fingerprint density at radius 2 is 1.84 bits per heavy atom. The van der Waals surface area contributed by atoms with Crippen molar-refractivity contribution in [3.63, 3.8) is 0 Å². The van der Waals surface area contributed by atoms with Crippen molar-refractivity contribution in [3.8, 4) is 0 Å². The topological polar surface area (TPSA) is 140 Å². The maximum absolute atomic E-state index is 12.9. The van der Waals surface area contributed by atoms with Crippen molar-refractivity contribution in [2.75, 3.05) is 7.11 Å². The molecule has 9 heteroatoms. The highest BCUT2D eigenvalue weighted by Crippen LogP contribution is 2.68. The maximum atomic E-state index is 12.9. The van der Waals surface area contributed by atoms with Crippen LogP contribution in [-0.2, 0) is 28.6 Å². The number of carbonyl (C=O) groups excluding carboxylic acids is 3. The van der Waals surface area contributed by atoms with Crippen molar-refractivity contribution in [1.82, 2.24) is 0 Å². The Hall–Kier alpha value is -1.97. The molecule has 9 nitrogen and oxygen atoms in total. The first kappa shape index (κ1) is 23.2. The third-order valence-corrected chi connectivity index (χ3v) is 8.87. The third-order valence-electron chi connectivity index (χ3n) is 8.87. The third kappa shape index (κ3) is 2.83. The van der Waals surface area contributed by atoms with Gasteiger partial charge in [0.25, 0.3) is 0 Å². The van der Waals surface area contributed by atoms with Gasteiger partial charge in [0.05, 0.1) is 24.7 Å². The van der Waals surface area contributed by atoms with E-state index in [1.807, 2.05) is 13.8 Å². The van der Waals surface area contributed by atoms with Crippen molar-refractivity contribution in [1.29, 1.82) is 0 Å². The van der Waals surface area contributed by atoms with Crippen molar-refractivity contribution >= 4 is 17.9 Å². The molecule has 3 aliphatic carbocycles. The lowest BCUT2D eigenvalue weighted by molar-refractivity contribution is -0.315. The van der Waals surface area contributed by atoms with Gasteiger partial charge >= 0.3 is 17.9 Å². The van der Waals surface area contributed by atoms with Crippen molar-refractivity contribution in [2.24, 2.45) is 28.6 Å². The molecule has 0 aromatic rings. The Balaban J connectivity index is 1.93. The number of hydrogen-bond acceptors (Lipinski definition) is 9. The summed E-state index contributed by atoms with van der Waals surface area (Å²) in [6.07, 6.45) is 0.0551. The minimum Gasteiger partial charge on any atom is -0.469 e. The van der Waals surface area contributed by atoms with Crippen LogP contribution in [0, 0.1) is 28.6 Å². The van der Waals surface area contributed by atoms with Crippen molar-refractivity contribution in [2.45, 2.75) is 77.0 Å². The number of ether oxygens (including phenoxy) is 3. The quantitative estimate of drug-likeness (QED) is 0.411. The summed E-state index contributed by atoms with van der Waals surface area (Å²) in [7, 11) is 1.20. The summed E-state index contributed by atoms with van der Waals surface area (Å²) < 4.78 is 15.9. The van der Waals surface area contributed by atoms with Gasteiger partial charge in [0.2, 0.25) is 5.79 Å². The van der Waals surface area contributed by atoms with Crippen LogP contribution in [0.2, 0.25) is 0 Å². The van der Waals surface area contributed by atoms with Crippen LogP contribution in [0.1, 0.15) is 53.4 Å². The van der Waals surface area contributed by atoms with E-state index in [1.165, 1.54) is 14.0 Å². The average Bonchev–Trinajstić information content (AvgIpc) is 2.99. The summed E-state index contributed by atoms with van der Waals surface area (Å²) in [5.41, 5.74) is -3.23. The van der Waals surface area contributed by atoms with E-state index >= 15 is 0 Å². The summed E-state index contributed by atoms with van der Waals surface area (Å²) in [4.78, 5) is 37.0. The Bertz CT molecular complexity index is 894. The van der Waals surface area contributed by atoms with Gasteiger partial charge in [0.15, 0.2) is 0 Å². The molecule has 4 rings (SSSR count). The van der Waals surface area contributed by atoms with Gasteiger partial charge in [0.1, 0.15) is 6.10 Å². The number of methoxy groups -OCH3 is 1. The normalized spacial score (nSPS) is 46.7. The summed E-state index contributed by atoms with van der Waals surface area (Å²) in [6.45, 7) is 6.88. The van der Waals surface area contributed by atoms with Crippen LogP contribution < -0.4 is 0 Å². The number of carbonyl (C=O) groups is 3. The average molecular weight is 453 g/mol. The van der Waals surface area contributed by atoms with Crippen LogP contribution >= 0.6 is 0 Å². The Kier molecular flexibility index (Phi) is 5.08. The number of fused-ring (bicyclic) bond motifs is 4. The molecule has 3 fully saturated rings. The second-order valence-electron chi connectivity index (χ2n) is 10.6. The molecule has 8 atom stereocenters. The fraction of sp³-hybridized carbons (Fsp3) is 0.783. The minimum absolute atomic E-state index is 0.0521. The molecule has 0 saturated heterocycles. The molecule has 178 valence electrons. The molecule has 3 N–H and O–H groups in total. The lowest BCUT2D eigenvalue weighted by Crippen LogP contribution is -2.75. The number of aliphatic hydroxyl groups is 3. The van der Waals surface area contributed by atoms with Gasteiger partial charge in [-0.25, -0.2) is 4.79 Å². The van der Waals surface area contributed by atoms with E-state index in [-0.39, 0.29) is 18.4 Å². The van der Waals surface area contributed by atoms with Gasteiger partial charge in [-0.3, -0.25) is 9.59 Å². The second-order valence-corrected chi connectivity index (χ2v) is 10.6. The molecule has 1 heterocycles. The summed E-state index contributed by atoms with van der Waals surface area (Å²) >= 11 is 0. The van der Waals surface area contributed by atoms with Crippen LogP contribution in [0.25, 0.3) is 0 Å². The number of aliphatic hydroxyl groups excluding tert-OH is 1. The van der Waals surface area contributed by atoms with Crippen molar-refractivity contribution in [3.05, 3.63) is 11.6 Å². The van der Waals surface area contributed by atoms with E-state index < -0.39 is 70.1 Å². The molecule has 1 aliphatic heterocycles. The van der Waals surface area contributed by atoms with E-state index in [9.17, 15) is 29.7 Å². The molecule has 4 aliphatic rings. The number of esters is 3. The zero-order valence-electron chi connectivity index (χ0n) is 19.1. The lowest BCUT2D eigenvalue weighted by Gasteiger charge is -2.69. The summed E-state index contributed by atoms with van der Waals surface area (Å²) in [5.74, 6) is -6.72. The Labute approximate surface area is 186 Å². The lowest BCUT2D eigenvalue weighted by atomic mass is 9.39. The molecule has 0 bridgehead atoms. The molecule has 32 heavy (non-hydrogen) atoms. The molecule has 0 aromatic heterocycles. The van der Waals surface area contributed by atoms with Crippen molar-refractivity contribution < 1.29 is 43.9 Å². The van der Waals surface area contributed by atoms with Crippen LogP contribution in [-0.4, -0.2) is 63.9 Å². The van der Waals surface area contributed by atoms with Gasteiger partial charge in [0, 0.05) is 42.7 Å². The van der Waals surface area contributed by atoms with E-state index in [4.69, 9.17) is 14.2 Å². The smallest absolute Gasteiger partial charge is 0.333 e. The second kappa shape index (κ2) is 7.01. The molecule has 3 saturated carbocycles. The number of hydrogen-bond donors (Lipinski definition) is 3. The summed E-state index contributed by atoms with van der Waals surface area (Å²) in [5, 5.41) is 34.8. The highest BCUT2D eigenvalue weighted by atomic mass is 16.7. The summed E-state index contributed by atoms with van der Waals surface area (Å²) in [6, 6.07) is 0. The standard InChI is InChI=1S/C23H32O9/c1-11(24)31-15-6-7-20(2,3)23(29)10-14(25)17-13(21(15,23)4)9-22(28)12(8-16(26)32-22)18(17)19(27)30-5/h8,13-15,17-18,25,28-29H,6-7,9-10H2,1-5H3/t13-,14-,15-,17-,18+,21-,22+,23+/m0/s1. The molecule has 0 unspecified atom stereocenters. The van der Waals surface area contributed by atoms with Gasteiger partial charge < -0.3 is 29.5 Å². The fourth-order valence-electron chi connectivity index (χ4n) is 7.23. The predicted molar refractivity (Wildman–Crippen MR) is 108 cm³/mol. The van der Waals surface area contributed by atoms with E-state index in [0.29, 0.717) is 12.8 Å². The zero-order chi connectivity index (χ0) is 23.9. The molecule has 0 spiro atoms. The Morgan fingerprint density at radius 3 is 2.44 bits per heavy atom. The first-order valence-corrected chi connectivity index (χ1v) is 11.0. The zero-order valence-corrected chi connectivity index (χ0v) is 19.1. The van der Waals surface area contributed by atoms with E-state index in [1.54, 1.807) is 6.92 Å². The van der Waals surface area contributed by atoms with Gasteiger partial charge in [-0.1, -0.05) is 20.8 Å². The number of rotatable bonds is 2.